The van der Waals surface area contributed by atoms with Crippen LogP contribution in [0.5, 0.6) is 0 Å². The van der Waals surface area contributed by atoms with Gasteiger partial charge in [-0.15, -0.1) is 0 Å². The molecule has 0 bridgehead atoms. The summed E-state index contributed by atoms with van der Waals surface area (Å²) in [5.74, 6) is 0.611. The number of carbonyl (C=O) groups excluding carboxylic acids is 1. The molecule has 0 rings (SSSR count). The van der Waals surface area contributed by atoms with E-state index < -0.39 is 0 Å². The van der Waals surface area contributed by atoms with Crippen LogP contribution in [0.25, 0.3) is 0 Å². The van der Waals surface area contributed by atoms with Crippen molar-refractivity contribution in [2.24, 2.45) is 5.92 Å². The van der Waals surface area contributed by atoms with Crippen LogP contribution in [-0.4, -0.2) is 13.0 Å². The van der Waals surface area contributed by atoms with Gasteiger partial charge >= 0.3 is 0 Å². The minimum absolute atomic E-state index is 0. The Morgan fingerprint density at radius 1 is 1.88 bits per heavy atom. The molecule has 0 aromatic rings. The molecule has 0 spiro atoms. The highest BCUT2D eigenvalue weighted by Gasteiger charge is 1.93. The van der Waals surface area contributed by atoms with E-state index in [1.807, 2.05) is 0 Å². The summed E-state index contributed by atoms with van der Waals surface area (Å²) in [4.78, 5) is 9.71. The maximum atomic E-state index is 9.71. The van der Waals surface area contributed by atoms with Crippen molar-refractivity contribution >= 4 is 6.41 Å². The van der Waals surface area contributed by atoms with Crippen molar-refractivity contribution in [3.05, 3.63) is 0 Å². The lowest BCUT2D eigenvalue weighted by Crippen LogP contribution is -2.18. The monoisotopic (exact) mass is 117 g/mol. The van der Waals surface area contributed by atoms with Gasteiger partial charge in [0, 0.05) is 7.97 Å². The van der Waals surface area contributed by atoms with E-state index in [4.69, 9.17) is 0 Å². The third-order valence-electron chi connectivity index (χ3n) is 1.25. The van der Waals surface area contributed by atoms with Crippen molar-refractivity contribution in [2.45, 2.75) is 20.3 Å². The molecule has 0 radical (unpaired) electrons. The molecule has 2 heteroatoms. The molecule has 0 fully saturated rings. The predicted octanol–water partition coefficient (Wildman–Crippen LogP) is 1.02. The Labute approximate surface area is 51.8 Å². The highest BCUT2D eigenvalue weighted by molar-refractivity contribution is 5.45. The first-order valence-corrected chi connectivity index (χ1v) is 2.98. The van der Waals surface area contributed by atoms with Gasteiger partial charge in [-0.2, -0.15) is 0 Å². The molecule has 8 heavy (non-hydrogen) atoms. The Kier molecular flexibility index (Phi) is 4.32. The van der Waals surface area contributed by atoms with Crippen molar-refractivity contribution in [1.82, 2.24) is 5.32 Å². The topological polar surface area (TPSA) is 29.1 Å². The lowest BCUT2D eigenvalue weighted by Gasteiger charge is -2.04. The van der Waals surface area contributed by atoms with Gasteiger partial charge in [0.2, 0.25) is 6.41 Å². The van der Waals surface area contributed by atoms with Gasteiger partial charge in [-0.25, -0.2) is 0 Å². The second kappa shape index (κ2) is 4.62. The predicted molar refractivity (Wildman–Crippen MR) is 35.6 cm³/mol. The standard InChI is InChI=1S/C6H13NO.H2/c1-3-6(2)4-7-5-8;/h5-6H,3-4H2,1-2H3,(H,7,8);1H/t6-;/m0./s1. The highest BCUT2D eigenvalue weighted by Crippen LogP contribution is 1.95. The molecular formula is C6H15NO. The fourth-order valence-corrected chi connectivity index (χ4v) is 0.394. The van der Waals surface area contributed by atoms with Gasteiger partial charge < -0.3 is 5.32 Å². The summed E-state index contributed by atoms with van der Waals surface area (Å²) in [6.45, 7) is 5.02. The Balaban J connectivity index is 0. The SMILES string of the molecule is CC[C@H](C)CNC=O.[HH]. The van der Waals surface area contributed by atoms with Crippen LogP contribution in [0.2, 0.25) is 0 Å². The molecule has 50 valence electrons. The first-order chi connectivity index (χ1) is 3.81. The summed E-state index contributed by atoms with van der Waals surface area (Å²) in [6.07, 6.45) is 1.87. The number of carbonyl (C=O) groups is 1. The van der Waals surface area contributed by atoms with Crippen molar-refractivity contribution < 1.29 is 6.22 Å². The van der Waals surface area contributed by atoms with Crippen molar-refractivity contribution in [2.75, 3.05) is 6.54 Å². The number of hydrogen-bond acceptors (Lipinski definition) is 1. The van der Waals surface area contributed by atoms with Gasteiger partial charge in [0.25, 0.3) is 0 Å². The van der Waals surface area contributed by atoms with E-state index in [1.165, 1.54) is 0 Å². The molecule has 0 heterocycles. The zero-order chi connectivity index (χ0) is 6.41. The summed E-state index contributed by atoms with van der Waals surface area (Å²) in [5.41, 5.74) is 0. The minimum Gasteiger partial charge on any atom is -0.358 e. The van der Waals surface area contributed by atoms with Gasteiger partial charge in [0.15, 0.2) is 0 Å². The molecule has 2 nitrogen and oxygen atoms in total. The molecule has 0 aliphatic heterocycles. The molecule has 0 aromatic heterocycles. The van der Waals surface area contributed by atoms with Gasteiger partial charge in [0.1, 0.15) is 0 Å². The summed E-state index contributed by atoms with van der Waals surface area (Å²) in [6, 6.07) is 0. The lowest BCUT2D eigenvalue weighted by molar-refractivity contribution is -0.109. The normalized spacial score (nSPS) is 12.8. The van der Waals surface area contributed by atoms with Gasteiger partial charge in [0.05, 0.1) is 0 Å². The van der Waals surface area contributed by atoms with E-state index in [-0.39, 0.29) is 1.43 Å². The molecule has 1 N–H and O–H groups in total. The number of nitrogens with one attached hydrogen (secondary N) is 1. The van der Waals surface area contributed by atoms with Crippen LogP contribution in [0.1, 0.15) is 21.7 Å². The van der Waals surface area contributed by atoms with Crippen LogP contribution in [0.4, 0.5) is 0 Å². The Morgan fingerprint density at radius 3 is 2.88 bits per heavy atom. The number of rotatable bonds is 4. The van der Waals surface area contributed by atoms with E-state index in [0.717, 1.165) is 19.4 Å². The Bertz CT molecular complexity index is 68.1. The molecule has 0 aliphatic rings. The second-order valence-corrected chi connectivity index (χ2v) is 2.04. The van der Waals surface area contributed by atoms with Gasteiger partial charge in [-0.05, 0) is 5.92 Å². The summed E-state index contributed by atoms with van der Waals surface area (Å²) < 4.78 is 0. The Morgan fingerprint density at radius 2 is 2.50 bits per heavy atom. The average Bonchev–Trinajstić information content (AvgIpc) is 1.83. The molecular weight excluding hydrogens is 102 g/mol. The molecule has 0 saturated carbocycles. The van der Waals surface area contributed by atoms with Crippen LogP contribution in [0.3, 0.4) is 0 Å². The van der Waals surface area contributed by atoms with Crippen LogP contribution in [-0.2, 0) is 4.79 Å². The number of amides is 1. The van der Waals surface area contributed by atoms with Crippen LogP contribution >= 0.6 is 0 Å². The zero-order valence-corrected chi connectivity index (χ0v) is 5.48. The third kappa shape index (κ3) is 3.65. The lowest BCUT2D eigenvalue weighted by atomic mass is 10.1. The van der Waals surface area contributed by atoms with Crippen LogP contribution < -0.4 is 5.32 Å². The maximum Gasteiger partial charge on any atom is 0.207 e. The van der Waals surface area contributed by atoms with Crippen LogP contribution in [0.15, 0.2) is 0 Å². The first kappa shape index (κ1) is 7.47. The van der Waals surface area contributed by atoms with Crippen molar-refractivity contribution in [3.63, 3.8) is 0 Å². The van der Waals surface area contributed by atoms with Crippen molar-refractivity contribution in [1.29, 1.82) is 0 Å². The van der Waals surface area contributed by atoms with E-state index in [1.54, 1.807) is 0 Å². The second-order valence-electron chi connectivity index (χ2n) is 2.04. The molecule has 0 aliphatic carbocycles. The molecule has 0 unspecified atom stereocenters. The molecule has 1 amide bonds. The molecule has 0 saturated heterocycles. The summed E-state index contributed by atoms with van der Waals surface area (Å²) in [7, 11) is 0. The summed E-state index contributed by atoms with van der Waals surface area (Å²) >= 11 is 0. The third-order valence-corrected chi connectivity index (χ3v) is 1.25. The Hall–Kier alpha value is -0.530. The van der Waals surface area contributed by atoms with Gasteiger partial charge in [-0.3, -0.25) is 4.79 Å². The minimum atomic E-state index is 0. The van der Waals surface area contributed by atoms with E-state index >= 15 is 0 Å². The van der Waals surface area contributed by atoms with Crippen LogP contribution in [0, 0.1) is 5.92 Å². The van der Waals surface area contributed by atoms with E-state index in [0.29, 0.717) is 5.92 Å². The van der Waals surface area contributed by atoms with E-state index in [9.17, 15) is 4.79 Å². The van der Waals surface area contributed by atoms with Gasteiger partial charge in [-0.1, -0.05) is 20.3 Å². The highest BCUT2D eigenvalue weighted by atomic mass is 16.1. The molecule has 1 atom stereocenters. The fourth-order valence-electron chi connectivity index (χ4n) is 0.394. The quantitative estimate of drug-likeness (QED) is 0.547. The zero-order valence-electron chi connectivity index (χ0n) is 5.48. The number of hydrogen-bond donors (Lipinski definition) is 1. The maximum absolute atomic E-state index is 9.71. The fraction of sp³-hybridized carbons (Fsp3) is 0.833. The summed E-state index contributed by atoms with van der Waals surface area (Å²) in [5, 5.41) is 2.62. The smallest absolute Gasteiger partial charge is 0.207 e. The van der Waals surface area contributed by atoms with Crippen molar-refractivity contribution in [3.8, 4) is 0 Å². The largest absolute Gasteiger partial charge is 0.358 e. The van der Waals surface area contributed by atoms with E-state index in [2.05, 4.69) is 19.2 Å². The molecule has 0 aromatic carbocycles. The average molecular weight is 117 g/mol. The first-order valence-electron chi connectivity index (χ1n) is 2.98.